The highest BCUT2D eigenvalue weighted by Crippen LogP contribution is 2.52. The van der Waals surface area contributed by atoms with E-state index in [0.717, 1.165) is 18.5 Å². The molecule has 0 spiro atoms. The third-order valence-electron chi connectivity index (χ3n) is 6.41. The molecule has 0 radical (unpaired) electrons. The van der Waals surface area contributed by atoms with Crippen LogP contribution in [0.15, 0.2) is 59.5 Å². The van der Waals surface area contributed by atoms with E-state index in [-0.39, 0.29) is 5.75 Å². The van der Waals surface area contributed by atoms with Gasteiger partial charge in [-0.15, -0.1) is 0 Å². The van der Waals surface area contributed by atoms with Crippen molar-refractivity contribution < 1.29 is 41.8 Å². The first-order valence-electron chi connectivity index (χ1n) is 12.8. The third kappa shape index (κ3) is 6.49. The molecule has 4 rings (SSSR count). The summed E-state index contributed by atoms with van der Waals surface area (Å²) in [7, 11) is -4.66. The van der Waals surface area contributed by atoms with Gasteiger partial charge < -0.3 is 19.1 Å². The molecule has 2 aromatic carbocycles. The third-order valence-corrected chi connectivity index (χ3v) is 8.02. The number of aromatic nitrogens is 2. The van der Waals surface area contributed by atoms with Crippen molar-refractivity contribution >= 4 is 24.5 Å². The fourth-order valence-corrected chi connectivity index (χ4v) is 5.86. The molecule has 222 valence electrons. The molecule has 1 fully saturated rings. The van der Waals surface area contributed by atoms with E-state index in [1.165, 1.54) is 26.0 Å². The molecular formula is C27H32F2N3O8P. The second-order valence-corrected chi connectivity index (χ2v) is 11.9. The number of carbonyl (C=O) groups excluding carboxylic acids is 1. The van der Waals surface area contributed by atoms with Crippen LogP contribution in [-0.2, 0) is 23.4 Å². The van der Waals surface area contributed by atoms with Crippen LogP contribution in [-0.4, -0.2) is 57.0 Å². The predicted molar refractivity (Wildman–Crippen MR) is 145 cm³/mol. The van der Waals surface area contributed by atoms with E-state index in [9.17, 15) is 19.3 Å². The van der Waals surface area contributed by atoms with E-state index < -0.39 is 62.0 Å². The SMILES string of the molecule is Cc1ccn([C@@H]2O[C@](F)(CO[P@](=O)(N[C@@H](C)C(=O)OC(C)C)Oc3cccc4ccccc34)[C@@H](O)[C@@]2(C)F)c(=O)n1. The number of alkyl halides is 2. The van der Waals surface area contributed by atoms with Crippen LogP contribution < -0.4 is 15.3 Å². The van der Waals surface area contributed by atoms with E-state index in [1.54, 1.807) is 50.2 Å². The van der Waals surface area contributed by atoms with Gasteiger partial charge in [0.05, 0.1) is 6.10 Å². The average Bonchev–Trinajstić information content (AvgIpc) is 3.07. The molecule has 0 saturated carbocycles. The van der Waals surface area contributed by atoms with Crippen LogP contribution >= 0.6 is 7.75 Å². The van der Waals surface area contributed by atoms with Crippen LogP contribution in [0.25, 0.3) is 10.8 Å². The number of halogens is 2. The Morgan fingerprint density at radius 2 is 1.88 bits per heavy atom. The molecule has 2 heterocycles. The summed E-state index contributed by atoms with van der Waals surface area (Å²) in [6.07, 6.45) is -3.74. The van der Waals surface area contributed by atoms with E-state index in [1.807, 2.05) is 0 Å². The van der Waals surface area contributed by atoms with Gasteiger partial charge in [-0.1, -0.05) is 36.4 Å². The van der Waals surface area contributed by atoms with Crippen LogP contribution in [0.5, 0.6) is 5.75 Å². The number of aryl methyl sites for hydroxylation is 1. The van der Waals surface area contributed by atoms with E-state index >= 15 is 8.78 Å². The normalized spacial score (nSPS) is 26.6. The van der Waals surface area contributed by atoms with Crippen molar-refractivity contribution in [3.05, 3.63) is 70.9 Å². The lowest BCUT2D eigenvalue weighted by molar-refractivity contribution is -0.204. The first-order chi connectivity index (χ1) is 19.1. The van der Waals surface area contributed by atoms with Crippen molar-refractivity contribution in [3.63, 3.8) is 0 Å². The molecule has 1 aliphatic rings. The van der Waals surface area contributed by atoms with Crippen LogP contribution in [0.3, 0.4) is 0 Å². The Kier molecular flexibility index (Phi) is 8.68. The van der Waals surface area contributed by atoms with Gasteiger partial charge in [0.2, 0.25) is 0 Å². The lowest BCUT2D eigenvalue weighted by Crippen LogP contribution is -2.47. The number of benzene rings is 2. The average molecular weight is 596 g/mol. The highest BCUT2D eigenvalue weighted by Gasteiger charge is 2.65. The molecule has 41 heavy (non-hydrogen) atoms. The van der Waals surface area contributed by atoms with E-state index in [4.69, 9.17) is 18.5 Å². The number of hydrogen-bond donors (Lipinski definition) is 2. The maximum atomic E-state index is 16.1. The maximum absolute atomic E-state index is 16.1. The summed E-state index contributed by atoms with van der Waals surface area (Å²) in [4.78, 5) is 28.5. The molecule has 14 heteroatoms. The van der Waals surface area contributed by atoms with Crippen molar-refractivity contribution in [2.45, 2.75) is 70.6 Å². The Hall–Kier alpha value is -3.22. The Bertz CT molecular complexity index is 1530. The lowest BCUT2D eigenvalue weighted by atomic mass is 9.97. The Balaban J connectivity index is 1.64. The summed E-state index contributed by atoms with van der Waals surface area (Å²) in [5.74, 6) is -4.01. The molecule has 0 amide bonds. The molecule has 1 saturated heterocycles. The fourth-order valence-electron chi connectivity index (χ4n) is 4.33. The van der Waals surface area contributed by atoms with Gasteiger partial charge >= 0.3 is 19.4 Å². The van der Waals surface area contributed by atoms with Crippen molar-refractivity contribution in [3.8, 4) is 5.75 Å². The van der Waals surface area contributed by atoms with E-state index in [0.29, 0.717) is 15.6 Å². The number of nitrogens with one attached hydrogen (secondary N) is 1. The zero-order chi connectivity index (χ0) is 30.2. The van der Waals surface area contributed by atoms with Gasteiger partial charge in [0.1, 0.15) is 18.4 Å². The molecule has 1 aromatic heterocycles. The van der Waals surface area contributed by atoms with Crippen LogP contribution in [0.2, 0.25) is 0 Å². The fraction of sp³-hybridized carbons (Fsp3) is 0.444. The standard InChI is InChI=1S/C27H32F2N3O8P/c1-16(2)38-22(33)18(4)31-41(36,40-21-12-8-10-19-9-6-7-11-20(19)21)37-15-27(29)23(34)26(5,28)24(39-27)32-14-13-17(3)30-25(32)35/h6-14,16,18,23-24,34H,15H2,1-5H3,(H,31,36)/t18-,23-,24+,26+,27+,41+/m0/s1. The topological polar surface area (TPSA) is 138 Å². The molecule has 11 nitrogen and oxygen atoms in total. The quantitative estimate of drug-likeness (QED) is 0.260. The molecule has 0 bridgehead atoms. The van der Waals surface area contributed by atoms with Crippen LogP contribution in [0.4, 0.5) is 8.78 Å². The minimum atomic E-state index is -4.66. The minimum Gasteiger partial charge on any atom is -0.462 e. The van der Waals surface area contributed by atoms with Gasteiger partial charge in [-0.3, -0.25) is 13.9 Å². The number of hydrogen-bond acceptors (Lipinski definition) is 9. The second kappa shape index (κ2) is 11.6. The second-order valence-electron chi connectivity index (χ2n) is 10.2. The summed E-state index contributed by atoms with van der Waals surface area (Å²) in [5, 5.41) is 14.3. The molecule has 2 N–H and O–H groups in total. The smallest absolute Gasteiger partial charge is 0.459 e. The molecule has 0 aliphatic carbocycles. The number of ether oxygens (including phenoxy) is 2. The van der Waals surface area contributed by atoms with E-state index in [2.05, 4.69) is 10.1 Å². The monoisotopic (exact) mass is 595 g/mol. The number of fused-ring (bicyclic) bond motifs is 1. The number of rotatable bonds is 10. The molecule has 3 aromatic rings. The summed E-state index contributed by atoms with van der Waals surface area (Å²) in [6.45, 7) is 5.67. The minimum absolute atomic E-state index is 0.0784. The Labute approximate surface area is 235 Å². The molecule has 0 unspecified atom stereocenters. The van der Waals surface area contributed by atoms with Crippen molar-refractivity contribution in [2.24, 2.45) is 0 Å². The van der Waals surface area contributed by atoms with Crippen LogP contribution in [0, 0.1) is 6.92 Å². The largest absolute Gasteiger partial charge is 0.462 e. The number of aliphatic hydroxyl groups excluding tert-OH is 1. The first kappa shape index (κ1) is 30.7. The van der Waals surface area contributed by atoms with Gasteiger partial charge in [-0.05, 0) is 52.1 Å². The summed E-state index contributed by atoms with van der Waals surface area (Å²) < 4.78 is 67.9. The molecule has 6 atom stereocenters. The maximum Gasteiger partial charge on any atom is 0.459 e. The van der Waals surface area contributed by atoms with Crippen molar-refractivity contribution in [2.75, 3.05) is 6.61 Å². The highest BCUT2D eigenvalue weighted by molar-refractivity contribution is 7.52. The molecular weight excluding hydrogens is 563 g/mol. The highest BCUT2D eigenvalue weighted by atomic mass is 31.2. The van der Waals surface area contributed by atoms with Gasteiger partial charge in [-0.2, -0.15) is 10.1 Å². The van der Waals surface area contributed by atoms with Gasteiger partial charge in [0.25, 0.3) is 5.85 Å². The van der Waals surface area contributed by atoms with Crippen molar-refractivity contribution in [1.29, 1.82) is 0 Å². The van der Waals surface area contributed by atoms with Gasteiger partial charge in [0.15, 0.2) is 18.0 Å². The lowest BCUT2D eigenvalue weighted by Gasteiger charge is -2.28. The zero-order valence-electron chi connectivity index (χ0n) is 23.1. The number of aliphatic hydroxyl groups is 1. The van der Waals surface area contributed by atoms with Gasteiger partial charge in [-0.25, -0.2) is 18.1 Å². The predicted octanol–water partition coefficient (Wildman–Crippen LogP) is 4.12. The van der Waals surface area contributed by atoms with Crippen LogP contribution in [0.1, 0.15) is 39.6 Å². The first-order valence-corrected chi connectivity index (χ1v) is 14.4. The number of carbonyl (C=O) groups is 1. The number of esters is 1. The summed E-state index contributed by atoms with van der Waals surface area (Å²) in [5.41, 5.74) is -3.43. The van der Waals surface area contributed by atoms with Crippen molar-refractivity contribution in [1.82, 2.24) is 14.6 Å². The summed E-state index contributed by atoms with van der Waals surface area (Å²) >= 11 is 0. The number of nitrogens with zero attached hydrogens (tertiary/aromatic N) is 2. The Morgan fingerprint density at radius 1 is 1.20 bits per heavy atom. The summed E-state index contributed by atoms with van der Waals surface area (Å²) in [6, 6.07) is 12.0. The molecule has 1 aliphatic heterocycles. The Morgan fingerprint density at radius 3 is 2.56 bits per heavy atom. The van der Waals surface area contributed by atoms with Gasteiger partial charge in [0, 0.05) is 17.3 Å². The zero-order valence-corrected chi connectivity index (χ0v) is 24.0.